The standard InChI is InChI=1S/C21H27N3O/c1-23(19-9-6-10-20-18(19)14-22-24(20)2)21(25)13-15-11-17(12-15)16-7-4-3-5-8-16/h3-5,7-8,14-15,17,19H,6,9-13H2,1-2H3/t15?,17?,19-/m0/s1. The summed E-state index contributed by atoms with van der Waals surface area (Å²) in [5, 5.41) is 4.40. The normalized spacial score (nSPS) is 25.1. The molecule has 1 heterocycles. The number of nitrogens with zero attached hydrogens (tertiary/aromatic N) is 3. The van der Waals surface area contributed by atoms with Gasteiger partial charge in [-0.15, -0.1) is 0 Å². The van der Waals surface area contributed by atoms with Crippen molar-refractivity contribution in [2.24, 2.45) is 13.0 Å². The van der Waals surface area contributed by atoms with Crippen molar-refractivity contribution in [2.75, 3.05) is 7.05 Å². The number of carbonyl (C=O) groups excluding carboxylic acids is 1. The number of rotatable bonds is 4. The molecule has 0 bridgehead atoms. The smallest absolute Gasteiger partial charge is 0.223 e. The fourth-order valence-electron chi connectivity index (χ4n) is 4.55. The predicted octanol–water partition coefficient (Wildman–Crippen LogP) is 3.84. The molecule has 0 saturated heterocycles. The van der Waals surface area contributed by atoms with Crippen LogP contribution < -0.4 is 0 Å². The Bertz CT molecular complexity index is 746. The van der Waals surface area contributed by atoms with Crippen molar-refractivity contribution in [1.82, 2.24) is 14.7 Å². The predicted molar refractivity (Wildman–Crippen MR) is 98.2 cm³/mol. The molecule has 1 fully saturated rings. The van der Waals surface area contributed by atoms with Crippen molar-refractivity contribution in [3.63, 3.8) is 0 Å². The highest BCUT2D eigenvalue weighted by atomic mass is 16.2. The minimum Gasteiger partial charge on any atom is -0.339 e. The van der Waals surface area contributed by atoms with Gasteiger partial charge in [0.2, 0.25) is 5.91 Å². The van der Waals surface area contributed by atoms with Gasteiger partial charge in [-0.25, -0.2) is 0 Å². The first-order valence-corrected chi connectivity index (χ1v) is 9.45. The molecule has 4 rings (SSSR count). The third-order valence-electron chi connectivity index (χ3n) is 6.17. The number of fused-ring (bicyclic) bond motifs is 1. The summed E-state index contributed by atoms with van der Waals surface area (Å²) in [5.41, 5.74) is 3.97. The van der Waals surface area contributed by atoms with Gasteiger partial charge < -0.3 is 4.90 Å². The maximum Gasteiger partial charge on any atom is 0.223 e. The topological polar surface area (TPSA) is 38.1 Å². The Morgan fingerprint density at radius 1 is 1.28 bits per heavy atom. The highest BCUT2D eigenvalue weighted by molar-refractivity contribution is 5.77. The lowest BCUT2D eigenvalue weighted by Gasteiger charge is -2.38. The summed E-state index contributed by atoms with van der Waals surface area (Å²) < 4.78 is 1.97. The van der Waals surface area contributed by atoms with Gasteiger partial charge in [0.15, 0.2) is 0 Å². The van der Waals surface area contributed by atoms with Crippen molar-refractivity contribution in [3.05, 3.63) is 53.3 Å². The molecule has 1 saturated carbocycles. The van der Waals surface area contributed by atoms with E-state index < -0.39 is 0 Å². The van der Waals surface area contributed by atoms with Crippen molar-refractivity contribution in [3.8, 4) is 0 Å². The number of amides is 1. The Labute approximate surface area is 149 Å². The first kappa shape index (κ1) is 16.4. The molecule has 4 heteroatoms. The van der Waals surface area contributed by atoms with Crippen LogP contribution in [0.3, 0.4) is 0 Å². The molecule has 2 aromatic rings. The zero-order chi connectivity index (χ0) is 17.4. The summed E-state index contributed by atoms with van der Waals surface area (Å²) in [5.74, 6) is 1.47. The molecular formula is C21H27N3O. The van der Waals surface area contributed by atoms with Crippen LogP contribution >= 0.6 is 0 Å². The molecule has 0 aliphatic heterocycles. The number of aromatic nitrogens is 2. The van der Waals surface area contributed by atoms with Gasteiger partial charge in [0.25, 0.3) is 0 Å². The summed E-state index contributed by atoms with van der Waals surface area (Å²) in [6.45, 7) is 0. The monoisotopic (exact) mass is 337 g/mol. The third kappa shape index (κ3) is 3.10. The molecule has 132 valence electrons. The highest BCUT2D eigenvalue weighted by Gasteiger charge is 2.34. The summed E-state index contributed by atoms with van der Waals surface area (Å²) in [7, 11) is 3.98. The maximum absolute atomic E-state index is 12.8. The van der Waals surface area contributed by atoms with E-state index in [1.54, 1.807) is 0 Å². The molecule has 1 aromatic carbocycles. The molecule has 1 aromatic heterocycles. The van der Waals surface area contributed by atoms with E-state index >= 15 is 0 Å². The summed E-state index contributed by atoms with van der Waals surface area (Å²) in [6, 6.07) is 10.9. The number of carbonyl (C=O) groups is 1. The van der Waals surface area contributed by atoms with E-state index in [0.29, 0.717) is 24.2 Å². The zero-order valence-electron chi connectivity index (χ0n) is 15.2. The molecule has 2 aliphatic carbocycles. The van der Waals surface area contributed by atoms with Crippen molar-refractivity contribution >= 4 is 5.91 Å². The van der Waals surface area contributed by atoms with Crippen LogP contribution in [0.4, 0.5) is 0 Å². The summed E-state index contributed by atoms with van der Waals surface area (Å²) in [6.07, 6.45) is 8.20. The van der Waals surface area contributed by atoms with Crippen molar-refractivity contribution in [1.29, 1.82) is 0 Å². The largest absolute Gasteiger partial charge is 0.339 e. The van der Waals surface area contributed by atoms with E-state index in [1.165, 1.54) is 16.8 Å². The summed E-state index contributed by atoms with van der Waals surface area (Å²) in [4.78, 5) is 14.8. The lowest BCUT2D eigenvalue weighted by atomic mass is 9.70. The molecule has 0 radical (unpaired) electrons. The lowest BCUT2D eigenvalue weighted by molar-refractivity contribution is -0.134. The molecule has 2 aliphatic rings. The van der Waals surface area contributed by atoms with E-state index in [-0.39, 0.29) is 6.04 Å². The molecule has 0 unspecified atom stereocenters. The SMILES string of the molecule is CN(C(=O)CC1CC(c2ccccc2)C1)[C@H]1CCCc2c1cnn2C. The first-order valence-electron chi connectivity index (χ1n) is 9.45. The van der Waals surface area contributed by atoms with Crippen LogP contribution in [0.15, 0.2) is 36.5 Å². The minimum atomic E-state index is 0.204. The average Bonchev–Trinajstić information content (AvgIpc) is 2.99. The second-order valence-corrected chi connectivity index (χ2v) is 7.73. The third-order valence-corrected chi connectivity index (χ3v) is 6.17. The highest BCUT2D eigenvalue weighted by Crippen LogP contribution is 2.44. The Balaban J connectivity index is 1.35. The quantitative estimate of drug-likeness (QED) is 0.850. The van der Waals surface area contributed by atoms with E-state index in [2.05, 4.69) is 35.4 Å². The van der Waals surface area contributed by atoms with Crippen LogP contribution in [0.2, 0.25) is 0 Å². The second-order valence-electron chi connectivity index (χ2n) is 7.73. The van der Waals surface area contributed by atoms with Gasteiger partial charge in [-0.1, -0.05) is 30.3 Å². The molecular weight excluding hydrogens is 310 g/mol. The number of benzene rings is 1. The van der Waals surface area contributed by atoms with Gasteiger partial charge in [-0.05, 0) is 49.5 Å². The van der Waals surface area contributed by atoms with Crippen molar-refractivity contribution < 1.29 is 4.79 Å². The maximum atomic E-state index is 12.8. The molecule has 1 atom stereocenters. The van der Waals surface area contributed by atoms with Crippen LogP contribution in [0, 0.1) is 5.92 Å². The van der Waals surface area contributed by atoms with Gasteiger partial charge in [-0.3, -0.25) is 9.48 Å². The van der Waals surface area contributed by atoms with Gasteiger partial charge in [0.1, 0.15) is 0 Å². The van der Waals surface area contributed by atoms with Crippen molar-refractivity contribution in [2.45, 2.75) is 50.5 Å². The molecule has 1 amide bonds. The number of hydrogen-bond acceptors (Lipinski definition) is 2. The lowest BCUT2D eigenvalue weighted by Crippen LogP contribution is -2.36. The van der Waals surface area contributed by atoms with Crippen LogP contribution in [0.5, 0.6) is 0 Å². The Hall–Kier alpha value is -2.10. The van der Waals surface area contributed by atoms with Gasteiger partial charge >= 0.3 is 0 Å². The first-order chi connectivity index (χ1) is 12.1. The van der Waals surface area contributed by atoms with Crippen LogP contribution in [-0.4, -0.2) is 27.6 Å². The van der Waals surface area contributed by atoms with E-state index in [0.717, 1.165) is 32.1 Å². The Kier molecular flexibility index (Phi) is 4.36. The fraction of sp³-hybridized carbons (Fsp3) is 0.524. The Morgan fingerprint density at radius 3 is 2.80 bits per heavy atom. The van der Waals surface area contributed by atoms with Crippen LogP contribution in [-0.2, 0) is 18.3 Å². The van der Waals surface area contributed by atoms with Gasteiger partial charge in [-0.2, -0.15) is 5.10 Å². The average molecular weight is 337 g/mol. The van der Waals surface area contributed by atoms with Gasteiger partial charge in [0.05, 0.1) is 12.2 Å². The fourth-order valence-corrected chi connectivity index (χ4v) is 4.55. The molecule has 0 N–H and O–H groups in total. The zero-order valence-corrected chi connectivity index (χ0v) is 15.2. The van der Waals surface area contributed by atoms with E-state index in [9.17, 15) is 4.79 Å². The van der Waals surface area contributed by atoms with Crippen LogP contribution in [0.1, 0.15) is 60.9 Å². The summed E-state index contributed by atoms with van der Waals surface area (Å²) >= 11 is 0. The molecule has 25 heavy (non-hydrogen) atoms. The van der Waals surface area contributed by atoms with Crippen LogP contribution in [0.25, 0.3) is 0 Å². The number of hydrogen-bond donors (Lipinski definition) is 0. The minimum absolute atomic E-state index is 0.204. The van der Waals surface area contributed by atoms with E-state index in [1.807, 2.05) is 29.9 Å². The Morgan fingerprint density at radius 2 is 2.04 bits per heavy atom. The molecule has 0 spiro atoms. The number of aryl methyl sites for hydroxylation is 1. The van der Waals surface area contributed by atoms with Gasteiger partial charge in [0, 0.05) is 31.8 Å². The molecule has 4 nitrogen and oxygen atoms in total. The van der Waals surface area contributed by atoms with E-state index in [4.69, 9.17) is 0 Å². The second kappa shape index (κ2) is 6.66.